The van der Waals surface area contributed by atoms with Gasteiger partial charge in [-0.3, -0.25) is 9.59 Å². The molecular formula is C27H34N2O4. The Morgan fingerprint density at radius 2 is 1.82 bits per heavy atom. The van der Waals surface area contributed by atoms with Crippen LogP contribution < -0.4 is 14.8 Å². The fourth-order valence-electron chi connectivity index (χ4n) is 3.84. The average Bonchev–Trinajstić information content (AvgIpc) is 2.83. The van der Waals surface area contributed by atoms with Crippen molar-refractivity contribution in [3.8, 4) is 11.5 Å². The van der Waals surface area contributed by atoms with E-state index in [0.29, 0.717) is 37.6 Å². The van der Waals surface area contributed by atoms with Crippen LogP contribution in [-0.4, -0.2) is 49.1 Å². The predicted octanol–water partition coefficient (Wildman–Crippen LogP) is 4.62. The van der Waals surface area contributed by atoms with E-state index in [0.717, 1.165) is 36.1 Å². The van der Waals surface area contributed by atoms with Crippen molar-refractivity contribution >= 4 is 17.9 Å². The molecule has 1 aliphatic heterocycles. The minimum Gasteiger partial charge on any atom is -0.490 e. The smallest absolute Gasteiger partial charge is 0.251 e. The highest BCUT2D eigenvalue weighted by molar-refractivity contribution is 5.96. The number of aryl methyl sites for hydroxylation is 1. The van der Waals surface area contributed by atoms with Crippen molar-refractivity contribution in [3.05, 3.63) is 65.2 Å². The molecule has 6 heteroatoms. The van der Waals surface area contributed by atoms with Crippen LogP contribution in [0.4, 0.5) is 0 Å². The molecule has 1 heterocycles. The number of amides is 2. The molecule has 2 aromatic rings. The summed E-state index contributed by atoms with van der Waals surface area (Å²) in [5.74, 6) is 1.33. The first-order valence-electron chi connectivity index (χ1n) is 11.7. The van der Waals surface area contributed by atoms with Crippen LogP contribution in [0.15, 0.2) is 48.5 Å². The summed E-state index contributed by atoms with van der Waals surface area (Å²) in [5, 5.41) is 3.11. The molecule has 1 saturated heterocycles. The Morgan fingerprint density at radius 3 is 2.52 bits per heavy atom. The second-order valence-electron chi connectivity index (χ2n) is 8.21. The van der Waals surface area contributed by atoms with E-state index in [1.807, 2.05) is 61.2 Å². The van der Waals surface area contributed by atoms with Crippen LogP contribution in [0.5, 0.6) is 11.5 Å². The summed E-state index contributed by atoms with van der Waals surface area (Å²) in [5.41, 5.74) is 2.55. The monoisotopic (exact) mass is 450 g/mol. The number of ether oxygens (including phenoxy) is 2. The van der Waals surface area contributed by atoms with Crippen LogP contribution in [-0.2, 0) is 4.79 Å². The van der Waals surface area contributed by atoms with Gasteiger partial charge in [-0.2, -0.15) is 0 Å². The lowest BCUT2D eigenvalue weighted by molar-refractivity contribution is -0.126. The van der Waals surface area contributed by atoms with Crippen molar-refractivity contribution < 1.29 is 19.1 Å². The van der Waals surface area contributed by atoms with Crippen LogP contribution >= 0.6 is 0 Å². The second kappa shape index (κ2) is 12.1. The minimum atomic E-state index is -0.0470. The third-order valence-corrected chi connectivity index (χ3v) is 5.68. The lowest BCUT2D eigenvalue weighted by Crippen LogP contribution is -2.46. The van der Waals surface area contributed by atoms with Crippen LogP contribution in [0.3, 0.4) is 0 Å². The first-order valence-corrected chi connectivity index (χ1v) is 11.7. The molecule has 0 aliphatic carbocycles. The molecule has 0 bridgehead atoms. The van der Waals surface area contributed by atoms with Crippen LogP contribution in [0.1, 0.15) is 54.6 Å². The Balaban J connectivity index is 1.53. The number of carbonyl (C=O) groups excluding carboxylic acids is 2. The summed E-state index contributed by atoms with van der Waals surface area (Å²) >= 11 is 0. The first kappa shape index (κ1) is 24.4. The van der Waals surface area contributed by atoms with Gasteiger partial charge in [0.25, 0.3) is 5.91 Å². The van der Waals surface area contributed by atoms with Crippen LogP contribution in [0.25, 0.3) is 6.08 Å². The van der Waals surface area contributed by atoms with E-state index in [9.17, 15) is 9.59 Å². The van der Waals surface area contributed by atoms with Gasteiger partial charge in [0, 0.05) is 30.8 Å². The predicted molar refractivity (Wildman–Crippen MR) is 131 cm³/mol. The van der Waals surface area contributed by atoms with Gasteiger partial charge < -0.3 is 19.7 Å². The van der Waals surface area contributed by atoms with Crippen molar-refractivity contribution in [2.45, 2.75) is 46.1 Å². The number of piperidine rings is 1. The van der Waals surface area contributed by atoms with E-state index in [-0.39, 0.29) is 17.9 Å². The first-order chi connectivity index (χ1) is 16.0. The summed E-state index contributed by atoms with van der Waals surface area (Å²) in [7, 11) is 0. The third-order valence-electron chi connectivity index (χ3n) is 5.68. The number of nitrogens with zero attached hydrogens (tertiary/aromatic N) is 1. The van der Waals surface area contributed by atoms with E-state index in [4.69, 9.17) is 9.47 Å². The molecule has 2 aromatic carbocycles. The number of nitrogens with one attached hydrogen (secondary N) is 1. The zero-order chi connectivity index (χ0) is 23.6. The average molecular weight is 451 g/mol. The normalized spacial score (nSPS) is 14.3. The molecule has 0 saturated carbocycles. The van der Waals surface area contributed by atoms with E-state index >= 15 is 0 Å². The zero-order valence-electron chi connectivity index (χ0n) is 19.8. The number of rotatable bonds is 9. The molecule has 176 valence electrons. The standard InChI is InChI=1S/C27H34N2O4/c1-4-18-33-24-12-10-21(19-25(24)32-5-2)11-13-26(30)29-16-14-22(15-17-29)28-27(31)23-9-7-6-8-20(23)3/h6-13,19,22H,4-5,14-18H2,1-3H3,(H,28,31)/b13-11+. The molecule has 33 heavy (non-hydrogen) atoms. The lowest BCUT2D eigenvalue weighted by atomic mass is 10.0. The Hall–Kier alpha value is -3.28. The topological polar surface area (TPSA) is 67.9 Å². The maximum absolute atomic E-state index is 12.7. The molecular weight excluding hydrogens is 416 g/mol. The van der Waals surface area contributed by atoms with Crippen molar-refractivity contribution in [2.75, 3.05) is 26.3 Å². The highest BCUT2D eigenvalue weighted by Crippen LogP contribution is 2.29. The van der Waals surface area contributed by atoms with E-state index in [1.54, 1.807) is 12.2 Å². The highest BCUT2D eigenvalue weighted by Gasteiger charge is 2.23. The molecule has 0 unspecified atom stereocenters. The fourth-order valence-corrected chi connectivity index (χ4v) is 3.84. The molecule has 0 radical (unpaired) electrons. The van der Waals surface area contributed by atoms with Gasteiger partial charge in [0.15, 0.2) is 11.5 Å². The molecule has 1 N–H and O–H groups in total. The summed E-state index contributed by atoms with van der Waals surface area (Å²) < 4.78 is 11.4. The molecule has 1 aliphatic rings. The highest BCUT2D eigenvalue weighted by atomic mass is 16.5. The van der Waals surface area contributed by atoms with Crippen molar-refractivity contribution in [1.82, 2.24) is 10.2 Å². The van der Waals surface area contributed by atoms with E-state index in [2.05, 4.69) is 12.2 Å². The fraction of sp³-hybridized carbons (Fsp3) is 0.407. The van der Waals surface area contributed by atoms with E-state index in [1.165, 1.54) is 0 Å². The van der Waals surface area contributed by atoms with Crippen molar-refractivity contribution in [1.29, 1.82) is 0 Å². The quantitative estimate of drug-likeness (QED) is 0.566. The van der Waals surface area contributed by atoms with Gasteiger partial charge in [-0.1, -0.05) is 31.2 Å². The molecule has 6 nitrogen and oxygen atoms in total. The molecule has 3 rings (SSSR count). The number of benzene rings is 2. The number of hydrogen-bond donors (Lipinski definition) is 1. The Kier molecular flexibility index (Phi) is 8.93. The Labute approximate surface area is 196 Å². The van der Waals surface area contributed by atoms with E-state index < -0.39 is 0 Å². The summed E-state index contributed by atoms with van der Waals surface area (Å²) in [6.45, 7) is 8.35. The van der Waals surface area contributed by atoms with Gasteiger partial charge >= 0.3 is 0 Å². The van der Waals surface area contributed by atoms with Gasteiger partial charge in [0.2, 0.25) is 5.91 Å². The second-order valence-corrected chi connectivity index (χ2v) is 8.21. The van der Waals surface area contributed by atoms with Crippen molar-refractivity contribution in [2.24, 2.45) is 0 Å². The summed E-state index contributed by atoms with van der Waals surface area (Å²) in [6.07, 6.45) is 5.82. The Morgan fingerprint density at radius 1 is 1.06 bits per heavy atom. The van der Waals surface area contributed by atoms with Gasteiger partial charge in [-0.15, -0.1) is 0 Å². The van der Waals surface area contributed by atoms with Gasteiger partial charge in [0.05, 0.1) is 13.2 Å². The molecule has 0 aromatic heterocycles. The zero-order valence-corrected chi connectivity index (χ0v) is 19.8. The van der Waals surface area contributed by atoms with Gasteiger partial charge in [-0.25, -0.2) is 0 Å². The van der Waals surface area contributed by atoms with Gasteiger partial charge in [0.1, 0.15) is 0 Å². The largest absolute Gasteiger partial charge is 0.490 e. The van der Waals surface area contributed by atoms with Gasteiger partial charge in [-0.05, 0) is 68.5 Å². The van der Waals surface area contributed by atoms with Crippen LogP contribution in [0.2, 0.25) is 0 Å². The summed E-state index contributed by atoms with van der Waals surface area (Å²) in [6, 6.07) is 13.4. The number of hydrogen-bond acceptors (Lipinski definition) is 4. The van der Waals surface area contributed by atoms with Crippen molar-refractivity contribution in [3.63, 3.8) is 0 Å². The summed E-state index contributed by atoms with van der Waals surface area (Å²) in [4.78, 5) is 27.1. The maximum Gasteiger partial charge on any atom is 0.251 e. The molecule has 1 fully saturated rings. The molecule has 2 amide bonds. The number of carbonyl (C=O) groups is 2. The maximum atomic E-state index is 12.7. The third kappa shape index (κ3) is 6.85. The van der Waals surface area contributed by atoms with Crippen LogP contribution in [0, 0.1) is 6.92 Å². The Bertz CT molecular complexity index is 978. The number of likely N-dealkylation sites (tertiary alicyclic amines) is 1. The molecule has 0 spiro atoms. The molecule has 0 atom stereocenters. The minimum absolute atomic E-state index is 0.0250. The lowest BCUT2D eigenvalue weighted by Gasteiger charge is -2.31. The SMILES string of the molecule is CCCOc1ccc(/C=C/C(=O)N2CCC(NC(=O)c3ccccc3C)CC2)cc1OCC.